The van der Waals surface area contributed by atoms with Crippen LogP contribution >= 0.6 is 0 Å². The molecule has 2 rings (SSSR count). The topological polar surface area (TPSA) is 69.7 Å². The molecule has 0 unspecified atom stereocenters. The molecule has 0 atom stereocenters. The Morgan fingerprint density at radius 2 is 1.57 bits per heavy atom. The van der Waals surface area contributed by atoms with E-state index < -0.39 is 11.6 Å². The molecule has 2 aliphatic rings. The summed E-state index contributed by atoms with van der Waals surface area (Å²) in [4.78, 5) is 41.9. The Kier molecular flexibility index (Phi) is 7.97. The molecule has 6 heteroatoms. The van der Waals surface area contributed by atoms with Gasteiger partial charge < -0.3 is 10.2 Å². The van der Waals surface area contributed by atoms with E-state index in [1.54, 1.807) is 0 Å². The third-order valence-corrected chi connectivity index (χ3v) is 6.91. The van der Waals surface area contributed by atoms with Crippen molar-refractivity contribution in [3.05, 3.63) is 0 Å². The number of nitrogens with zero attached hydrogens (tertiary/aromatic N) is 2. The lowest BCUT2D eigenvalue weighted by molar-refractivity contribution is -0.140. The second-order valence-corrected chi connectivity index (χ2v) is 11.3. The van der Waals surface area contributed by atoms with Gasteiger partial charge in [0.2, 0.25) is 5.91 Å². The monoisotopic (exact) mass is 421 g/mol. The molecule has 1 aliphatic heterocycles. The number of nitrogens with one attached hydrogen (secondary N) is 1. The van der Waals surface area contributed by atoms with Crippen LogP contribution in [0.1, 0.15) is 87.0 Å². The molecule has 0 aromatic rings. The van der Waals surface area contributed by atoms with E-state index in [2.05, 4.69) is 53.8 Å². The van der Waals surface area contributed by atoms with Gasteiger partial charge in [-0.3, -0.25) is 14.5 Å². The van der Waals surface area contributed by atoms with Crippen molar-refractivity contribution in [1.82, 2.24) is 15.1 Å². The first-order valence-corrected chi connectivity index (χ1v) is 11.8. The van der Waals surface area contributed by atoms with Crippen molar-refractivity contribution in [2.75, 3.05) is 19.6 Å². The molecule has 0 aromatic carbocycles. The summed E-state index contributed by atoms with van der Waals surface area (Å²) in [5.41, 5.74) is -0.601. The molecular weight excluding hydrogens is 378 g/mol. The Hall–Kier alpha value is -1.59. The first-order valence-electron chi connectivity index (χ1n) is 11.8. The third kappa shape index (κ3) is 5.98. The van der Waals surface area contributed by atoms with Gasteiger partial charge in [0.25, 0.3) is 5.91 Å². The van der Waals surface area contributed by atoms with Gasteiger partial charge in [-0.2, -0.15) is 0 Å². The highest BCUT2D eigenvalue weighted by Gasteiger charge is 2.53. The Labute approximate surface area is 183 Å². The van der Waals surface area contributed by atoms with Crippen LogP contribution in [0.15, 0.2) is 0 Å². The lowest BCUT2D eigenvalue weighted by Gasteiger charge is -2.40. The van der Waals surface area contributed by atoms with Crippen LogP contribution in [0.25, 0.3) is 0 Å². The van der Waals surface area contributed by atoms with E-state index in [1.165, 1.54) is 0 Å². The molecule has 1 saturated carbocycles. The second kappa shape index (κ2) is 9.69. The highest BCUT2D eigenvalue weighted by molar-refractivity contribution is 6.09. The zero-order valence-electron chi connectivity index (χ0n) is 20.2. The summed E-state index contributed by atoms with van der Waals surface area (Å²) in [6, 6.07) is -0.407. The predicted octanol–water partition coefficient (Wildman–Crippen LogP) is 4.43. The molecule has 30 heavy (non-hydrogen) atoms. The number of carbonyl (C=O) groups is 3. The average molecular weight is 422 g/mol. The summed E-state index contributed by atoms with van der Waals surface area (Å²) in [6.07, 6.45) is 5.01. The van der Waals surface area contributed by atoms with Crippen molar-refractivity contribution >= 4 is 17.8 Å². The van der Waals surface area contributed by atoms with E-state index in [0.717, 1.165) is 30.6 Å². The maximum absolute atomic E-state index is 13.2. The van der Waals surface area contributed by atoms with E-state index in [0.29, 0.717) is 43.7 Å². The number of hydrogen-bond donors (Lipinski definition) is 1. The van der Waals surface area contributed by atoms with E-state index in [4.69, 9.17) is 0 Å². The van der Waals surface area contributed by atoms with Crippen molar-refractivity contribution in [2.45, 2.75) is 92.5 Å². The van der Waals surface area contributed by atoms with E-state index in [1.807, 2.05) is 4.90 Å². The van der Waals surface area contributed by atoms with Crippen LogP contribution in [0.3, 0.4) is 0 Å². The Morgan fingerprint density at radius 1 is 1.07 bits per heavy atom. The van der Waals surface area contributed by atoms with Crippen LogP contribution in [0.4, 0.5) is 4.79 Å². The fraction of sp³-hybridized carbons (Fsp3) is 0.875. The van der Waals surface area contributed by atoms with Gasteiger partial charge >= 0.3 is 6.03 Å². The van der Waals surface area contributed by atoms with Gasteiger partial charge in [0.15, 0.2) is 0 Å². The van der Waals surface area contributed by atoms with Gasteiger partial charge in [0.1, 0.15) is 12.1 Å². The third-order valence-electron chi connectivity index (χ3n) is 6.91. The molecule has 2 fully saturated rings. The molecule has 0 aromatic heterocycles. The molecule has 6 nitrogen and oxygen atoms in total. The van der Waals surface area contributed by atoms with Gasteiger partial charge in [-0.15, -0.1) is 0 Å². The summed E-state index contributed by atoms with van der Waals surface area (Å²) >= 11 is 0. The highest BCUT2D eigenvalue weighted by Crippen LogP contribution is 2.43. The van der Waals surface area contributed by atoms with Crippen LogP contribution in [-0.2, 0) is 9.59 Å². The number of hydrogen-bond acceptors (Lipinski definition) is 3. The molecule has 0 bridgehead atoms. The molecule has 172 valence electrons. The van der Waals surface area contributed by atoms with Crippen molar-refractivity contribution < 1.29 is 14.4 Å². The van der Waals surface area contributed by atoms with Crippen LogP contribution in [0.5, 0.6) is 0 Å². The minimum atomic E-state index is -0.806. The van der Waals surface area contributed by atoms with Gasteiger partial charge in [0, 0.05) is 13.1 Å². The molecule has 1 N–H and O–H groups in total. The summed E-state index contributed by atoms with van der Waals surface area (Å²) in [5, 5.41) is 2.95. The molecule has 1 spiro atoms. The molecular formula is C24H43N3O3. The van der Waals surface area contributed by atoms with Crippen LogP contribution in [-0.4, -0.2) is 52.8 Å². The van der Waals surface area contributed by atoms with Gasteiger partial charge in [-0.05, 0) is 61.7 Å². The van der Waals surface area contributed by atoms with E-state index in [9.17, 15) is 14.4 Å². The quantitative estimate of drug-likeness (QED) is 0.589. The van der Waals surface area contributed by atoms with Crippen molar-refractivity contribution in [3.8, 4) is 0 Å². The lowest BCUT2D eigenvalue weighted by Crippen LogP contribution is -2.51. The maximum Gasteiger partial charge on any atom is 0.325 e. The Bertz CT molecular complexity index is 616. The fourth-order valence-corrected chi connectivity index (χ4v) is 4.56. The van der Waals surface area contributed by atoms with Gasteiger partial charge in [-0.1, -0.05) is 48.5 Å². The maximum atomic E-state index is 13.2. The largest absolute Gasteiger partial charge is 0.341 e. The Morgan fingerprint density at radius 3 is 2.00 bits per heavy atom. The van der Waals surface area contributed by atoms with Crippen molar-refractivity contribution in [3.63, 3.8) is 0 Å². The number of rotatable bonds is 8. The molecule has 4 amide bonds. The Balaban J connectivity index is 2.03. The van der Waals surface area contributed by atoms with Gasteiger partial charge in [0.05, 0.1) is 0 Å². The lowest BCUT2D eigenvalue weighted by atomic mass is 9.67. The minimum absolute atomic E-state index is 0.125. The fourth-order valence-electron chi connectivity index (χ4n) is 4.56. The molecule has 0 radical (unpaired) electrons. The zero-order valence-corrected chi connectivity index (χ0v) is 20.2. The smallest absolute Gasteiger partial charge is 0.325 e. The first kappa shape index (κ1) is 24.7. The molecule has 1 saturated heterocycles. The van der Waals surface area contributed by atoms with Crippen molar-refractivity contribution in [2.24, 2.45) is 23.2 Å². The number of imide groups is 1. The summed E-state index contributed by atoms with van der Waals surface area (Å²) in [5.74, 6) is 1.21. The normalized spacial score (nSPS) is 24.8. The summed E-state index contributed by atoms with van der Waals surface area (Å²) < 4.78 is 0. The summed E-state index contributed by atoms with van der Waals surface area (Å²) in [7, 11) is 0. The minimum Gasteiger partial charge on any atom is -0.341 e. The van der Waals surface area contributed by atoms with Crippen LogP contribution in [0.2, 0.25) is 0 Å². The number of urea groups is 1. The average Bonchev–Trinajstić information content (AvgIpc) is 2.85. The van der Waals surface area contributed by atoms with E-state index >= 15 is 0 Å². The molecule has 1 heterocycles. The summed E-state index contributed by atoms with van der Waals surface area (Å²) in [6.45, 7) is 16.5. The number of amides is 4. The van der Waals surface area contributed by atoms with Crippen LogP contribution in [0, 0.1) is 23.2 Å². The number of carbonyl (C=O) groups excluding carboxylic acids is 3. The van der Waals surface area contributed by atoms with Crippen LogP contribution < -0.4 is 5.32 Å². The SMILES string of the molecule is CC(C)CCN(CCC(C)C)C(=O)CN1C(=O)NC2(CCC(C(C)(C)C)CC2)C1=O. The highest BCUT2D eigenvalue weighted by atomic mass is 16.2. The van der Waals surface area contributed by atoms with E-state index in [-0.39, 0.29) is 23.8 Å². The van der Waals surface area contributed by atoms with Crippen molar-refractivity contribution in [1.29, 1.82) is 0 Å². The second-order valence-electron chi connectivity index (χ2n) is 11.3. The predicted molar refractivity (Wildman–Crippen MR) is 120 cm³/mol. The first-order chi connectivity index (χ1) is 13.9. The van der Waals surface area contributed by atoms with Gasteiger partial charge in [-0.25, -0.2) is 4.79 Å². The molecule has 1 aliphatic carbocycles. The zero-order chi connectivity index (χ0) is 22.7. The standard InChI is InChI=1S/C24H43N3O3/c1-17(2)10-14-26(15-11-18(3)4)20(28)16-27-21(29)24(25-22(27)30)12-8-19(9-13-24)23(5,6)7/h17-19H,8-16H2,1-7H3,(H,25,30).